The Balaban J connectivity index is 1.83. The number of hydrogen-bond donors (Lipinski definition) is 2. The molecule has 4 heteroatoms. The fourth-order valence-corrected chi connectivity index (χ4v) is 1.93. The molecule has 0 aliphatic carbocycles. The predicted molar refractivity (Wildman–Crippen MR) is 86.2 cm³/mol. The Kier molecular flexibility index (Phi) is 5.76. The number of unbranched alkanes of at least 4 members (excludes halogenated alkanes) is 1. The van der Waals surface area contributed by atoms with Crippen LogP contribution in [-0.4, -0.2) is 10.9 Å². The third-order valence-corrected chi connectivity index (χ3v) is 3.13. The summed E-state index contributed by atoms with van der Waals surface area (Å²) in [6.45, 7) is 2.76. The van der Waals surface area contributed by atoms with E-state index < -0.39 is 0 Å². The molecule has 4 nitrogen and oxygen atoms in total. The molecular weight excluding hydrogens is 262 g/mol. The highest BCUT2D eigenvalue weighted by Gasteiger charge is 2.01. The summed E-state index contributed by atoms with van der Waals surface area (Å²) in [6.07, 6.45) is 4.32. The smallest absolute Gasteiger partial charge is 0.224 e. The number of hydrogen-bond acceptors (Lipinski definition) is 3. The molecule has 2 aromatic rings. The van der Waals surface area contributed by atoms with Crippen molar-refractivity contribution in [3.63, 3.8) is 0 Å². The Morgan fingerprint density at radius 1 is 1.10 bits per heavy atom. The Hall–Kier alpha value is -2.36. The molecular formula is C17H21N3O. The second-order valence-electron chi connectivity index (χ2n) is 4.90. The van der Waals surface area contributed by atoms with Gasteiger partial charge in [-0.05, 0) is 42.8 Å². The van der Waals surface area contributed by atoms with Gasteiger partial charge in [-0.2, -0.15) is 0 Å². The maximum Gasteiger partial charge on any atom is 0.224 e. The molecule has 0 fully saturated rings. The number of amides is 1. The van der Waals surface area contributed by atoms with E-state index in [-0.39, 0.29) is 5.91 Å². The molecule has 2 rings (SSSR count). The van der Waals surface area contributed by atoms with E-state index in [0.29, 0.717) is 13.0 Å². The standard InChI is InChI=1S/C17H21N3O/c1-2-3-7-17(21)20-15-10-8-14(9-11-15)19-13-16-6-4-5-12-18-16/h4-6,8-12,19H,2-3,7,13H2,1H3,(H,20,21). The van der Waals surface area contributed by atoms with E-state index in [4.69, 9.17) is 0 Å². The van der Waals surface area contributed by atoms with Crippen molar-refractivity contribution in [3.8, 4) is 0 Å². The third-order valence-electron chi connectivity index (χ3n) is 3.13. The highest BCUT2D eigenvalue weighted by molar-refractivity contribution is 5.90. The Morgan fingerprint density at radius 2 is 1.86 bits per heavy atom. The summed E-state index contributed by atoms with van der Waals surface area (Å²) in [5, 5.41) is 6.20. The number of carbonyl (C=O) groups excluding carboxylic acids is 1. The number of anilines is 2. The molecule has 1 aromatic carbocycles. The van der Waals surface area contributed by atoms with E-state index in [1.165, 1.54) is 0 Å². The van der Waals surface area contributed by atoms with Gasteiger partial charge in [-0.3, -0.25) is 9.78 Å². The van der Waals surface area contributed by atoms with Crippen molar-refractivity contribution in [2.75, 3.05) is 10.6 Å². The van der Waals surface area contributed by atoms with Gasteiger partial charge in [0.15, 0.2) is 0 Å². The fourth-order valence-electron chi connectivity index (χ4n) is 1.93. The van der Waals surface area contributed by atoms with Crippen LogP contribution in [0.5, 0.6) is 0 Å². The minimum atomic E-state index is 0.0750. The largest absolute Gasteiger partial charge is 0.379 e. The van der Waals surface area contributed by atoms with E-state index in [1.807, 2.05) is 42.5 Å². The first-order chi connectivity index (χ1) is 10.3. The summed E-state index contributed by atoms with van der Waals surface area (Å²) in [5.74, 6) is 0.0750. The average Bonchev–Trinajstić information content (AvgIpc) is 2.53. The average molecular weight is 283 g/mol. The molecule has 1 amide bonds. The summed E-state index contributed by atoms with van der Waals surface area (Å²) in [7, 11) is 0. The summed E-state index contributed by atoms with van der Waals surface area (Å²) in [6, 6.07) is 13.6. The van der Waals surface area contributed by atoms with Gasteiger partial charge in [-0.15, -0.1) is 0 Å². The normalized spacial score (nSPS) is 10.1. The first-order valence-electron chi connectivity index (χ1n) is 7.31. The van der Waals surface area contributed by atoms with E-state index in [1.54, 1.807) is 6.20 Å². The topological polar surface area (TPSA) is 54.0 Å². The van der Waals surface area contributed by atoms with Crippen molar-refractivity contribution in [2.45, 2.75) is 32.7 Å². The molecule has 0 atom stereocenters. The SMILES string of the molecule is CCCCC(=O)Nc1ccc(NCc2ccccn2)cc1. The third kappa shape index (κ3) is 5.26. The van der Waals surface area contributed by atoms with Gasteiger partial charge < -0.3 is 10.6 Å². The van der Waals surface area contributed by atoms with Crippen LogP contribution in [0.25, 0.3) is 0 Å². The van der Waals surface area contributed by atoms with Crippen LogP contribution in [0.1, 0.15) is 31.9 Å². The molecule has 0 spiro atoms. The Morgan fingerprint density at radius 3 is 2.52 bits per heavy atom. The number of nitrogens with one attached hydrogen (secondary N) is 2. The minimum absolute atomic E-state index is 0.0750. The van der Waals surface area contributed by atoms with Gasteiger partial charge in [-0.1, -0.05) is 19.4 Å². The molecule has 1 heterocycles. The molecule has 0 saturated heterocycles. The summed E-state index contributed by atoms with van der Waals surface area (Å²) < 4.78 is 0. The van der Waals surface area contributed by atoms with E-state index in [9.17, 15) is 4.79 Å². The molecule has 0 radical (unpaired) electrons. The quantitative estimate of drug-likeness (QED) is 0.812. The van der Waals surface area contributed by atoms with Gasteiger partial charge in [0.05, 0.1) is 12.2 Å². The second-order valence-corrected chi connectivity index (χ2v) is 4.90. The van der Waals surface area contributed by atoms with E-state index in [0.717, 1.165) is 29.9 Å². The maximum atomic E-state index is 11.6. The first kappa shape index (κ1) is 15.0. The number of nitrogens with zero attached hydrogens (tertiary/aromatic N) is 1. The molecule has 0 aliphatic rings. The highest BCUT2D eigenvalue weighted by Crippen LogP contribution is 2.14. The molecule has 21 heavy (non-hydrogen) atoms. The van der Waals surface area contributed by atoms with Crippen molar-refractivity contribution >= 4 is 17.3 Å². The highest BCUT2D eigenvalue weighted by atomic mass is 16.1. The van der Waals surface area contributed by atoms with Crippen LogP contribution in [0.15, 0.2) is 48.7 Å². The van der Waals surface area contributed by atoms with Crippen molar-refractivity contribution in [1.82, 2.24) is 4.98 Å². The van der Waals surface area contributed by atoms with Crippen molar-refractivity contribution in [3.05, 3.63) is 54.4 Å². The van der Waals surface area contributed by atoms with E-state index in [2.05, 4.69) is 22.5 Å². The van der Waals surface area contributed by atoms with Crippen molar-refractivity contribution in [1.29, 1.82) is 0 Å². The number of aromatic nitrogens is 1. The summed E-state index contributed by atoms with van der Waals surface area (Å²) in [4.78, 5) is 15.9. The molecule has 110 valence electrons. The molecule has 2 N–H and O–H groups in total. The number of pyridine rings is 1. The van der Waals surface area contributed by atoms with Gasteiger partial charge in [0.1, 0.15) is 0 Å². The number of benzene rings is 1. The Bertz CT molecular complexity index is 552. The van der Waals surface area contributed by atoms with Gasteiger partial charge in [-0.25, -0.2) is 0 Å². The lowest BCUT2D eigenvalue weighted by molar-refractivity contribution is -0.116. The number of carbonyl (C=O) groups is 1. The van der Waals surface area contributed by atoms with Gasteiger partial charge in [0.25, 0.3) is 0 Å². The van der Waals surface area contributed by atoms with Crippen LogP contribution in [0, 0.1) is 0 Å². The molecule has 0 aliphatic heterocycles. The van der Waals surface area contributed by atoms with Crippen LogP contribution in [0.2, 0.25) is 0 Å². The summed E-state index contributed by atoms with van der Waals surface area (Å²) in [5.41, 5.74) is 2.83. The van der Waals surface area contributed by atoms with Crippen molar-refractivity contribution < 1.29 is 4.79 Å². The molecule has 0 unspecified atom stereocenters. The number of rotatable bonds is 7. The lowest BCUT2D eigenvalue weighted by atomic mass is 10.2. The zero-order valence-electron chi connectivity index (χ0n) is 12.3. The van der Waals surface area contributed by atoms with Crippen LogP contribution in [-0.2, 0) is 11.3 Å². The fraction of sp³-hybridized carbons (Fsp3) is 0.294. The monoisotopic (exact) mass is 283 g/mol. The summed E-state index contributed by atoms with van der Waals surface area (Å²) >= 11 is 0. The minimum Gasteiger partial charge on any atom is -0.379 e. The van der Waals surface area contributed by atoms with Crippen LogP contribution in [0.3, 0.4) is 0 Å². The zero-order chi connectivity index (χ0) is 14.9. The second kappa shape index (κ2) is 8.04. The van der Waals surface area contributed by atoms with Gasteiger partial charge >= 0.3 is 0 Å². The molecule has 0 bridgehead atoms. The Labute approximate surface area is 125 Å². The first-order valence-corrected chi connectivity index (χ1v) is 7.31. The lowest BCUT2D eigenvalue weighted by Crippen LogP contribution is -2.10. The zero-order valence-corrected chi connectivity index (χ0v) is 12.3. The van der Waals surface area contributed by atoms with Crippen LogP contribution in [0.4, 0.5) is 11.4 Å². The predicted octanol–water partition coefficient (Wildman–Crippen LogP) is 3.82. The maximum absolute atomic E-state index is 11.6. The molecule has 1 aromatic heterocycles. The van der Waals surface area contributed by atoms with Crippen molar-refractivity contribution in [2.24, 2.45) is 0 Å². The van der Waals surface area contributed by atoms with Crippen LogP contribution < -0.4 is 10.6 Å². The lowest BCUT2D eigenvalue weighted by Gasteiger charge is -2.08. The van der Waals surface area contributed by atoms with Gasteiger partial charge in [0, 0.05) is 24.0 Å². The van der Waals surface area contributed by atoms with E-state index >= 15 is 0 Å². The molecule has 0 saturated carbocycles. The van der Waals surface area contributed by atoms with Gasteiger partial charge in [0.2, 0.25) is 5.91 Å². The van der Waals surface area contributed by atoms with Crippen LogP contribution >= 0.6 is 0 Å².